The number of amides is 1. The average Bonchev–Trinajstić information content (AvgIpc) is 3.07. The second-order valence-electron chi connectivity index (χ2n) is 5.93. The molecule has 3 N–H and O–H groups in total. The average molecular weight is 325 g/mol. The second-order valence-corrected chi connectivity index (χ2v) is 5.93. The van der Waals surface area contributed by atoms with Gasteiger partial charge in [0, 0.05) is 12.2 Å². The van der Waals surface area contributed by atoms with Gasteiger partial charge in [0.2, 0.25) is 0 Å². The molecule has 0 heterocycles. The molecule has 5 nitrogen and oxygen atoms in total. The lowest BCUT2D eigenvalue weighted by molar-refractivity contribution is 0.160. The zero-order valence-electron chi connectivity index (χ0n) is 13.9. The predicted octanol–water partition coefficient (Wildman–Crippen LogP) is 3.62. The van der Waals surface area contributed by atoms with Crippen LogP contribution in [-0.4, -0.2) is 12.7 Å². The molecule has 3 rings (SSSR count). The number of ether oxygens (including phenoxy) is 1. The van der Waals surface area contributed by atoms with E-state index in [9.17, 15) is 4.79 Å². The SMILES string of the molecule is CCOC(=O)N(N)c1ccc(CNc2ccc3c(c2)CCC3)cc1. The van der Waals surface area contributed by atoms with Crippen molar-refractivity contribution < 1.29 is 9.53 Å². The lowest BCUT2D eigenvalue weighted by Crippen LogP contribution is -2.37. The Kier molecular flexibility index (Phi) is 5.01. The van der Waals surface area contributed by atoms with Gasteiger partial charge in [0.25, 0.3) is 0 Å². The molecule has 0 bridgehead atoms. The van der Waals surface area contributed by atoms with Crippen LogP contribution in [0.4, 0.5) is 16.2 Å². The van der Waals surface area contributed by atoms with Crippen molar-refractivity contribution in [2.75, 3.05) is 16.9 Å². The van der Waals surface area contributed by atoms with Gasteiger partial charge in [0.05, 0.1) is 12.3 Å². The van der Waals surface area contributed by atoms with E-state index in [4.69, 9.17) is 10.6 Å². The monoisotopic (exact) mass is 325 g/mol. The van der Waals surface area contributed by atoms with Crippen molar-refractivity contribution in [3.63, 3.8) is 0 Å². The first-order valence-corrected chi connectivity index (χ1v) is 8.33. The molecule has 5 heteroatoms. The first-order chi connectivity index (χ1) is 11.7. The van der Waals surface area contributed by atoms with Crippen LogP contribution in [0.25, 0.3) is 0 Å². The standard InChI is InChI=1S/C19H23N3O2/c1-2-24-19(23)22(20)18-10-6-14(7-11-18)13-21-17-9-8-15-4-3-5-16(15)12-17/h6-12,21H,2-5,13,20H2,1H3. The minimum atomic E-state index is -0.554. The molecule has 1 aliphatic carbocycles. The predicted molar refractivity (Wildman–Crippen MR) is 95.9 cm³/mol. The van der Waals surface area contributed by atoms with Crippen molar-refractivity contribution in [2.45, 2.75) is 32.7 Å². The number of hydrogen-bond donors (Lipinski definition) is 2. The zero-order valence-corrected chi connectivity index (χ0v) is 13.9. The minimum absolute atomic E-state index is 0.301. The molecule has 126 valence electrons. The summed E-state index contributed by atoms with van der Waals surface area (Å²) >= 11 is 0. The molecule has 0 unspecified atom stereocenters. The van der Waals surface area contributed by atoms with E-state index in [-0.39, 0.29) is 0 Å². The molecule has 0 aliphatic heterocycles. The number of hydrogen-bond acceptors (Lipinski definition) is 4. The molecule has 2 aromatic rings. The zero-order chi connectivity index (χ0) is 16.9. The van der Waals surface area contributed by atoms with Crippen LogP contribution in [0.1, 0.15) is 30.0 Å². The highest BCUT2D eigenvalue weighted by Gasteiger charge is 2.12. The maximum Gasteiger partial charge on any atom is 0.428 e. The third kappa shape index (κ3) is 3.68. The molecule has 0 radical (unpaired) electrons. The minimum Gasteiger partial charge on any atom is -0.449 e. The summed E-state index contributed by atoms with van der Waals surface area (Å²) in [6, 6.07) is 14.1. The fourth-order valence-electron chi connectivity index (χ4n) is 2.96. The molecule has 0 saturated heterocycles. The maximum atomic E-state index is 11.6. The Labute approximate surface area is 142 Å². The fraction of sp³-hybridized carbons (Fsp3) is 0.316. The van der Waals surface area contributed by atoms with Gasteiger partial charge in [0.1, 0.15) is 0 Å². The molecular weight excluding hydrogens is 302 g/mol. The normalized spacial score (nSPS) is 12.6. The summed E-state index contributed by atoms with van der Waals surface area (Å²) in [7, 11) is 0. The number of anilines is 2. The molecular formula is C19H23N3O2. The molecule has 24 heavy (non-hydrogen) atoms. The van der Waals surface area contributed by atoms with Gasteiger partial charge in [-0.25, -0.2) is 15.6 Å². The van der Waals surface area contributed by atoms with Gasteiger partial charge in [-0.3, -0.25) is 0 Å². The van der Waals surface area contributed by atoms with E-state index < -0.39 is 6.09 Å². The van der Waals surface area contributed by atoms with Gasteiger partial charge in [-0.1, -0.05) is 18.2 Å². The van der Waals surface area contributed by atoms with Crippen LogP contribution >= 0.6 is 0 Å². The van der Waals surface area contributed by atoms with Crippen LogP contribution in [0, 0.1) is 0 Å². The lowest BCUT2D eigenvalue weighted by atomic mass is 10.1. The van der Waals surface area contributed by atoms with Crippen LogP contribution in [0.2, 0.25) is 0 Å². The van der Waals surface area contributed by atoms with Crippen molar-refractivity contribution in [1.29, 1.82) is 0 Å². The highest BCUT2D eigenvalue weighted by atomic mass is 16.6. The number of fused-ring (bicyclic) bond motifs is 1. The number of nitrogens with zero attached hydrogens (tertiary/aromatic N) is 1. The van der Waals surface area contributed by atoms with Crippen molar-refractivity contribution in [3.05, 3.63) is 59.2 Å². The Balaban J connectivity index is 1.59. The van der Waals surface area contributed by atoms with Crippen molar-refractivity contribution in [1.82, 2.24) is 0 Å². The number of nitrogens with one attached hydrogen (secondary N) is 1. The fourth-order valence-corrected chi connectivity index (χ4v) is 2.96. The van der Waals surface area contributed by atoms with Crippen LogP contribution in [0.5, 0.6) is 0 Å². The number of carbonyl (C=O) groups excluding carboxylic acids is 1. The lowest BCUT2D eigenvalue weighted by Gasteiger charge is -2.16. The van der Waals surface area contributed by atoms with E-state index >= 15 is 0 Å². The Bertz CT molecular complexity index is 713. The first-order valence-electron chi connectivity index (χ1n) is 8.33. The molecule has 1 aliphatic rings. The summed E-state index contributed by atoms with van der Waals surface area (Å²) < 4.78 is 4.88. The molecule has 0 aromatic heterocycles. The van der Waals surface area contributed by atoms with Crippen LogP contribution in [-0.2, 0) is 24.1 Å². The van der Waals surface area contributed by atoms with Crippen LogP contribution in [0.15, 0.2) is 42.5 Å². The van der Waals surface area contributed by atoms with Crippen LogP contribution in [0.3, 0.4) is 0 Å². The van der Waals surface area contributed by atoms with E-state index in [1.165, 1.54) is 30.4 Å². The highest BCUT2D eigenvalue weighted by Crippen LogP contribution is 2.25. The van der Waals surface area contributed by atoms with Crippen molar-refractivity contribution in [2.24, 2.45) is 5.84 Å². The summed E-state index contributed by atoms with van der Waals surface area (Å²) in [5.41, 5.74) is 5.81. The molecule has 0 atom stereocenters. The van der Waals surface area contributed by atoms with E-state index in [0.29, 0.717) is 12.3 Å². The molecule has 1 amide bonds. The number of nitrogens with two attached hydrogens (primary N) is 1. The number of rotatable bonds is 5. The van der Waals surface area contributed by atoms with E-state index in [1.807, 2.05) is 24.3 Å². The summed E-state index contributed by atoms with van der Waals surface area (Å²) in [4.78, 5) is 11.6. The molecule has 0 spiro atoms. The van der Waals surface area contributed by atoms with Crippen molar-refractivity contribution >= 4 is 17.5 Å². The molecule has 0 saturated carbocycles. The topological polar surface area (TPSA) is 67.6 Å². The van der Waals surface area contributed by atoms with Gasteiger partial charge < -0.3 is 10.1 Å². The first kappa shape index (κ1) is 16.3. The van der Waals surface area contributed by atoms with Gasteiger partial charge in [-0.15, -0.1) is 0 Å². The second kappa shape index (κ2) is 7.36. The number of hydrazine groups is 1. The largest absolute Gasteiger partial charge is 0.449 e. The van der Waals surface area contributed by atoms with Crippen LogP contribution < -0.4 is 16.2 Å². The smallest absolute Gasteiger partial charge is 0.428 e. The Hall–Kier alpha value is -2.53. The molecule has 0 fully saturated rings. The summed E-state index contributed by atoms with van der Waals surface area (Å²) in [6.45, 7) is 2.78. The third-order valence-corrected chi connectivity index (χ3v) is 4.27. The number of aryl methyl sites for hydroxylation is 2. The maximum absolute atomic E-state index is 11.6. The van der Waals surface area contributed by atoms with Gasteiger partial charge in [-0.05, 0) is 67.1 Å². The summed E-state index contributed by atoms with van der Waals surface area (Å²) in [5, 5.41) is 4.46. The number of benzene rings is 2. The number of carbonyl (C=O) groups is 1. The third-order valence-electron chi connectivity index (χ3n) is 4.27. The highest BCUT2D eigenvalue weighted by molar-refractivity contribution is 5.86. The van der Waals surface area contributed by atoms with Crippen molar-refractivity contribution in [3.8, 4) is 0 Å². The van der Waals surface area contributed by atoms with Gasteiger partial charge >= 0.3 is 6.09 Å². The van der Waals surface area contributed by atoms with Gasteiger partial charge in [-0.2, -0.15) is 0 Å². The summed E-state index contributed by atoms with van der Waals surface area (Å²) in [6.07, 6.45) is 3.09. The summed E-state index contributed by atoms with van der Waals surface area (Å²) in [5.74, 6) is 5.73. The quantitative estimate of drug-likeness (QED) is 0.500. The Morgan fingerprint density at radius 3 is 2.67 bits per heavy atom. The Morgan fingerprint density at radius 2 is 1.92 bits per heavy atom. The van der Waals surface area contributed by atoms with E-state index in [2.05, 4.69) is 23.5 Å². The van der Waals surface area contributed by atoms with E-state index in [0.717, 1.165) is 22.8 Å². The van der Waals surface area contributed by atoms with E-state index in [1.54, 1.807) is 6.92 Å². The molecule has 2 aromatic carbocycles. The van der Waals surface area contributed by atoms with Gasteiger partial charge in [0.15, 0.2) is 0 Å². The Morgan fingerprint density at radius 1 is 1.17 bits per heavy atom.